The monoisotopic (exact) mass is 310 g/mol. The predicted octanol–water partition coefficient (Wildman–Crippen LogP) is 0.730. The summed E-state index contributed by atoms with van der Waals surface area (Å²) in [5.41, 5.74) is 0.641. The van der Waals surface area contributed by atoms with Gasteiger partial charge in [0, 0.05) is 17.9 Å². The summed E-state index contributed by atoms with van der Waals surface area (Å²) in [7, 11) is 0. The van der Waals surface area contributed by atoms with Gasteiger partial charge in [-0.3, -0.25) is 9.59 Å². The average molecular weight is 311 g/mol. The molecule has 0 unspecified atom stereocenters. The largest absolute Gasteiger partial charge is 0.480 e. The van der Waals surface area contributed by atoms with E-state index in [-0.39, 0.29) is 18.7 Å². The summed E-state index contributed by atoms with van der Waals surface area (Å²) in [4.78, 5) is 34.3. The smallest absolute Gasteiger partial charge is 0.326 e. The number of amides is 2. The van der Waals surface area contributed by atoms with Gasteiger partial charge in [0.2, 0.25) is 11.8 Å². The summed E-state index contributed by atoms with van der Waals surface area (Å²) < 4.78 is 0. The normalized spacial score (nSPS) is 18.9. The van der Waals surface area contributed by atoms with Crippen LogP contribution < -0.4 is 10.6 Å². The summed E-state index contributed by atoms with van der Waals surface area (Å²) in [6.45, 7) is 0. The summed E-state index contributed by atoms with van der Waals surface area (Å²) in [5.74, 6) is -1.83. The first-order valence-corrected chi connectivity index (χ1v) is 6.91. The van der Waals surface area contributed by atoms with Crippen LogP contribution in [0.15, 0.2) is 24.3 Å². The van der Waals surface area contributed by atoms with Crippen LogP contribution in [0.2, 0.25) is 5.02 Å². The minimum absolute atomic E-state index is 0.0847. The first kappa shape index (κ1) is 15.3. The van der Waals surface area contributed by atoms with E-state index >= 15 is 0 Å². The molecule has 1 fully saturated rings. The lowest BCUT2D eigenvalue weighted by Gasteiger charge is -2.18. The van der Waals surface area contributed by atoms with Gasteiger partial charge in [0.25, 0.3) is 0 Å². The zero-order valence-corrected chi connectivity index (χ0v) is 11.9. The molecule has 1 aliphatic heterocycles. The molecule has 112 valence electrons. The molecule has 6 nitrogen and oxygen atoms in total. The fourth-order valence-electron chi connectivity index (χ4n) is 2.17. The Balaban J connectivity index is 2.03. The minimum Gasteiger partial charge on any atom is -0.480 e. The maximum absolute atomic E-state index is 12.0. The molecule has 2 atom stereocenters. The van der Waals surface area contributed by atoms with Crippen molar-refractivity contribution in [3.05, 3.63) is 34.9 Å². The van der Waals surface area contributed by atoms with Crippen molar-refractivity contribution in [3.63, 3.8) is 0 Å². The second kappa shape index (κ2) is 6.58. The van der Waals surface area contributed by atoms with Crippen LogP contribution in [0.3, 0.4) is 0 Å². The Morgan fingerprint density at radius 1 is 1.43 bits per heavy atom. The summed E-state index contributed by atoms with van der Waals surface area (Å²) in [6.07, 6.45) is 0.741. The molecule has 0 aromatic heterocycles. The molecule has 1 aromatic rings. The van der Waals surface area contributed by atoms with Gasteiger partial charge in [-0.1, -0.05) is 29.8 Å². The van der Waals surface area contributed by atoms with E-state index in [1.54, 1.807) is 24.3 Å². The SMILES string of the molecule is O=C1CC[C@H](C(=O)N[C@H](Cc2ccccc2Cl)C(=O)O)N1. The molecule has 1 aliphatic rings. The van der Waals surface area contributed by atoms with Crippen molar-refractivity contribution in [3.8, 4) is 0 Å². The highest BCUT2D eigenvalue weighted by Crippen LogP contribution is 2.17. The number of halogens is 1. The van der Waals surface area contributed by atoms with E-state index < -0.39 is 24.0 Å². The fraction of sp³-hybridized carbons (Fsp3) is 0.357. The van der Waals surface area contributed by atoms with Gasteiger partial charge >= 0.3 is 5.97 Å². The van der Waals surface area contributed by atoms with Crippen LogP contribution in [0.1, 0.15) is 18.4 Å². The second-order valence-corrected chi connectivity index (χ2v) is 5.26. The molecule has 21 heavy (non-hydrogen) atoms. The van der Waals surface area contributed by atoms with Crippen molar-refractivity contribution in [1.82, 2.24) is 10.6 Å². The van der Waals surface area contributed by atoms with Gasteiger partial charge in [0.05, 0.1) is 0 Å². The molecular weight excluding hydrogens is 296 g/mol. The van der Waals surface area contributed by atoms with Gasteiger partial charge in [-0.15, -0.1) is 0 Å². The third-order valence-electron chi connectivity index (χ3n) is 3.31. The Morgan fingerprint density at radius 3 is 2.71 bits per heavy atom. The molecule has 3 N–H and O–H groups in total. The standard InChI is InChI=1S/C14H15ClN2O4/c15-9-4-2-1-3-8(9)7-11(14(20)21)17-13(19)10-5-6-12(18)16-10/h1-4,10-11H,5-7H2,(H,16,18)(H,17,19)(H,20,21)/t10-,11-/m1/s1. The number of hydrogen-bond acceptors (Lipinski definition) is 3. The van der Waals surface area contributed by atoms with E-state index in [2.05, 4.69) is 10.6 Å². The van der Waals surface area contributed by atoms with Crippen molar-refractivity contribution in [2.45, 2.75) is 31.3 Å². The summed E-state index contributed by atoms with van der Waals surface area (Å²) in [5, 5.41) is 14.6. The zero-order chi connectivity index (χ0) is 15.4. The Bertz CT molecular complexity index is 576. The zero-order valence-electron chi connectivity index (χ0n) is 11.1. The molecule has 0 saturated carbocycles. The maximum Gasteiger partial charge on any atom is 0.326 e. The van der Waals surface area contributed by atoms with Gasteiger partial charge in [0.15, 0.2) is 0 Å². The highest BCUT2D eigenvalue weighted by molar-refractivity contribution is 6.31. The molecule has 1 aromatic carbocycles. The Morgan fingerprint density at radius 2 is 2.14 bits per heavy atom. The Hall–Kier alpha value is -2.08. The predicted molar refractivity (Wildman–Crippen MR) is 75.9 cm³/mol. The van der Waals surface area contributed by atoms with Crippen molar-refractivity contribution >= 4 is 29.4 Å². The third-order valence-corrected chi connectivity index (χ3v) is 3.68. The molecule has 7 heteroatoms. The molecule has 2 amide bonds. The van der Waals surface area contributed by atoms with Crippen LogP contribution in [0, 0.1) is 0 Å². The van der Waals surface area contributed by atoms with E-state index in [4.69, 9.17) is 11.6 Å². The molecule has 1 heterocycles. The van der Waals surface area contributed by atoms with Crippen molar-refractivity contribution < 1.29 is 19.5 Å². The Kier molecular flexibility index (Phi) is 4.80. The number of carbonyl (C=O) groups is 3. The number of hydrogen-bond donors (Lipinski definition) is 3. The van der Waals surface area contributed by atoms with E-state index in [0.29, 0.717) is 17.0 Å². The van der Waals surface area contributed by atoms with Crippen LogP contribution in [0.4, 0.5) is 0 Å². The quantitative estimate of drug-likeness (QED) is 0.747. The number of rotatable bonds is 5. The molecule has 0 aliphatic carbocycles. The maximum atomic E-state index is 12.0. The minimum atomic E-state index is -1.15. The van der Waals surface area contributed by atoms with Crippen LogP contribution >= 0.6 is 11.6 Å². The van der Waals surface area contributed by atoms with Crippen LogP contribution in [0.5, 0.6) is 0 Å². The molecule has 0 bridgehead atoms. The van der Waals surface area contributed by atoms with Crippen LogP contribution in [-0.2, 0) is 20.8 Å². The number of nitrogens with one attached hydrogen (secondary N) is 2. The lowest BCUT2D eigenvalue weighted by Crippen LogP contribution is -2.49. The first-order chi connectivity index (χ1) is 9.97. The topological polar surface area (TPSA) is 95.5 Å². The molecule has 0 radical (unpaired) electrons. The highest BCUT2D eigenvalue weighted by atomic mass is 35.5. The van der Waals surface area contributed by atoms with E-state index in [1.165, 1.54) is 0 Å². The van der Waals surface area contributed by atoms with Crippen molar-refractivity contribution in [1.29, 1.82) is 0 Å². The van der Waals surface area contributed by atoms with E-state index in [1.807, 2.05) is 0 Å². The Labute approximate surface area is 126 Å². The van der Waals surface area contributed by atoms with Gasteiger partial charge < -0.3 is 15.7 Å². The molecule has 2 rings (SSSR count). The van der Waals surface area contributed by atoms with E-state index in [9.17, 15) is 19.5 Å². The fourth-order valence-corrected chi connectivity index (χ4v) is 2.38. The number of carboxylic acids is 1. The van der Waals surface area contributed by atoms with Gasteiger partial charge in [-0.2, -0.15) is 0 Å². The van der Waals surface area contributed by atoms with E-state index in [0.717, 1.165) is 0 Å². The second-order valence-electron chi connectivity index (χ2n) is 4.85. The third kappa shape index (κ3) is 3.95. The molecule has 0 spiro atoms. The number of carboxylic acid groups (broad SMARTS) is 1. The summed E-state index contributed by atoms with van der Waals surface area (Å²) >= 11 is 5.99. The number of carbonyl (C=O) groups excluding carboxylic acids is 2. The molecule has 1 saturated heterocycles. The van der Waals surface area contributed by atoms with Crippen molar-refractivity contribution in [2.75, 3.05) is 0 Å². The van der Waals surface area contributed by atoms with Crippen LogP contribution in [-0.4, -0.2) is 35.0 Å². The van der Waals surface area contributed by atoms with Gasteiger partial charge in [-0.25, -0.2) is 4.79 Å². The van der Waals surface area contributed by atoms with Crippen LogP contribution in [0.25, 0.3) is 0 Å². The molecular formula is C14H15ClN2O4. The van der Waals surface area contributed by atoms with Crippen molar-refractivity contribution in [2.24, 2.45) is 0 Å². The van der Waals surface area contributed by atoms with Gasteiger partial charge in [0.1, 0.15) is 12.1 Å². The average Bonchev–Trinajstić information content (AvgIpc) is 2.87. The van der Waals surface area contributed by atoms with Gasteiger partial charge in [-0.05, 0) is 18.1 Å². The number of benzene rings is 1. The first-order valence-electron chi connectivity index (χ1n) is 6.53. The number of aliphatic carboxylic acids is 1. The lowest BCUT2D eigenvalue weighted by atomic mass is 10.1. The lowest BCUT2D eigenvalue weighted by molar-refractivity contribution is -0.142. The summed E-state index contributed by atoms with van der Waals surface area (Å²) in [6, 6.07) is 5.12. The highest BCUT2D eigenvalue weighted by Gasteiger charge is 2.30.